The quantitative estimate of drug-likeness (QED) is 0.853. The van der Waals surface area contributed by atoms with E-state index in [0.29, 0.717) is 23.7 Å². The second-order valence-corrected chi connectivity index (χ2v) is 4.73. The van der Waals surface area contributed by atoms with Crippen LogP contribution >= 0.6 is 0 Å². The Kier molecular flexibility index (Phi) is 5.17. The van der Waals surface area contributed by atoms with Crippen molar-refractivity contribution in [1.82, 2.24) is 0 Å². The largest absolute Gasteiger partial charge is 0.490 e. The first-order valence-corrected chi connectivity index (χ1v) is 6.99. The van der Waals surface area contributed by atoms with Crippen LogP contribution in [-0.2, 0) is 0 Å². The molecule has 0 amide bonds. The van der Waals surface area contributed by atoms with E-state index >= 15 is 0 Å². The molecule has 2 rings (SSSR count). The first-order valence-electron chi connectivity index (χ1n) is 6.99. The number of para-hydroxylation sites is 3. The van der Waals surface area contributed by atoms with Crippen molar-refractivity contribution >= 4 is 0 Å². The van der Waals surface area contributed by atoms with E-state index in [-0.39, 0.29) is 5.75 Å². The summed E-state index contributed by atoms with van der Waals surface area (Å²) < 4.78 is 25.3. The highest BCUT2D eigenvalue weighted by Gasteiger charge is 2.16. The standard InChI is InChI=1S/C17H19FO3/c1-3-11-20-15-9-4-5-10-16(15)21-17-13(12(2)19)7-6-8-14(17)18/h4-10,12,19H,3,11H2,1-2H3/t12-/m1/s1. The lowest BCUT2D eigenvalue weighted by atomic mass is 10.1. The highest BCUT2D eigenvalue weighted by molar-refractivity contribution is 5.45. The number of benzene rings is 2. The molecule has 0 saturated carbocycles. The molecule has 0 aliphatic carbocycles. The molecule has 1 atom stereocenters. The molecular weight excluding hydrogens is 271 g/mol. The zero-order valence-corrected chi connectivity index (χ0v) is 12.2. The van der Waals surface area contributed by atoms with Crippen LogP contribution in [-0.4, -0.2) is 11.7 Å². The zero-order chi connectivity index (χ0) is 15.2. The van der Waals surface area contributed by atoms with Gasteiger partial charge in [0.05, 0.1) is 12.7 Å². The smallest absolute Gasteiger partial charge is 0.169 e. The molecule has 0 bridgehead atoms. The lowest BCUT2D eigenvalue weighted by Crippen LogP contribution is -2.01. The molecule has 2 aromatic carbocycles. The Morgan fingerprint density at radius 3 is 2.48 bits per heavy atom. The minimum Gasteiger partial charge on any atom is -0.490 e. The van der Waals surface area contributed by atoms with Gasteiger partial charge in [-0.15, -0.1) is 0 Å². The zero-order valence-electron chi connectivity index (χ0n) is 12.2. The molecule has 2 aromatic rings. The maximum absolute atomic E-state index is 14.0. The van der Waals surface area contributed by atoms with Crippen molar-refractivity contribution in [3.8, 4) is 17.2 Å². The van der Waals surface area contributed by atoms with Gasteiger partial charge in [-0.25, -0.2) is 4.39 Å². The average Bonchev–Trinajstić information content (AvgIpc) is 2.48. The first kappa shape index (κ1) is 15.3. The van der Waals surface area contributed by atoms with Gasteiger partial charge in [-0.1, -0.05) is 31.2 Å². The van der Waals surface area contributed by atoms with Crippen LogP contribution in [0.1, 0.15) is 31.9 Å². The summed E-state index contributed by atoms with van der Waals surface area (Å²) in [6.07, 6.45) is 0.0480. The number of hydrogen-bond donors (Lipinski definition) is 1. The van der Waals surface area contributed by atoms with Gasteiger partial charge in [0.2, 0.25) is 0 Å². The molecule has 0 aliphatic heterocycles. The molecule has 1 N–H and O–H groups in total. The molecule has 0 unspecified atom stereocenters. The Balaban J connectivity index is 2.34. The van der Waals surface area contributed by atoms with Gasteiger partial charge >= 0.3 is 0 Å². The summed E-state index contributed by atoms with van der Waals surface area (Å²) in [7, 11) is 0. The maximum atomic E-state index is 14.0. The van der Waals surface area contributed by atoms with Gasteiger partial charge in [0.1, 0.15) is 0 Å². The predicted octanol–water partition coefficient (Wildman–Crippen LogP) is 4.46. The minimum absolute atomic E-state index is 0.0278. The summed E-state index contributed by atoms with van der Waals surface area (Å²) in [4.78, 5) is 0. The van der Waals surface area contributed by atoms with Crippen molar-refractivity contribution in [3.05, 3.63) is 53.8 Å². The van der Waals surface area contributed by atoms with Crippen LogP contribution < -0.4 is 9.47 Å². The van der Waals surface area contributed by atoms with Gasteiger partial charge in [-0.2, -0.15) is 0 Å². The first-order chi connectivity index (χ1) is 10.1. The van der Waals surface area contributed by atoms with Crippen molar-refractivity contribution in [1.29, 1.82) is 0 Å². The van der Waals surface area contributed by atoms with Crippen LogP contribution in [0.3, 0.4) is 0 Å². The highest BCUT2D eigenvalue weighted by Crippen LogP contribution is 2.36. The van der Waals surface area contributed by atoms with Crippen LogP contribution in [0.25, 0.3) is 0 Å². The van der Waals surface area contributed by atoms with Crippen molar-refractivity contribution < 1.29 is 19.0 Å². The second kappa shape index (κ2) is 7.09. The summed E-state index contributed by atoms with van der Waals surface area (Å²) in [6, 6.07) is 11.6. The van der Waals surface area contributed by atoms with Crippen molar-refractivity contribution in [3.63, 3.8) is 0 Å². The summed E-state index contributed by atoms with van der Waals surface area (Å²) in [5, 5.41) is 9.74. The number of aliphatic hydroxyl groups excluding tert-OH is 1. The van der Waals surface area contributed by atoms with Gasteiger partial charge in [-0.05, 0) is 31.5 Å². The van der Waals surface area contributed by atoms with E-state index in [9.17, 15) is 9.50 Å². The minimum atomic E-state index is -0.820. The van der Waals surface area contributed by atoms with Crippen molar-refractivity contribution in [2.24, 2.45) is 0 Å². The Hall–Kier alpha value is -2.07. The van der Waals surface area contributed by atoms with Crippen LogP contribution in [0.4, 0.5) is 4.39 Å². The number of hydrogen-bond acceptors (Lipinski definition) is 3. The van der Waals surface area contributed by atoms with Crippen LogP contribution in [0.2, 0.25) is 0 Å². The fourth-order valence-electron chi connectivity index (χ4n) is 1.94. The Bertz CT molecular complexity index is 596. The Labute approximate surface area is 124 Å². The number of aliphatic hydroxyl groups is 1. The molecule has 0 fully saturated rings. The molecule has 0 saturated heterocycles. The number of halogens is 1. The lowest BCUT2D eigenvalue weighted by Gasteiger charge is -2.16. The Morgan fingerprint density at radius 1 is 1.10 bits per heavy atom. The normalized spacial score (nSPS) is 12.0. The molecule has 0 radical (unpaired) electrons. The van der Waals surface area contributed by atoms with Crippen LogP contribution in [0.5, 0.6) is 17.2 Å². The fourth-order valence-corrected chi connectivity index (χ4v) is 1.94. The maximum Gasteiger partial charge on any atom is 0.169 e. The molecule has 0 heterocycles. The Morgan fingerprint density at radius 2 is 1.81 bits per heavy atom. The molecule has 21 heavy (non-hydrogen) atoms. The molecule has 0 aromatic heterocycles. The van der Waals surface area contributed by atoms with Crippen LogP contribution in [0.15, 0.2) is 42.5 Å². The summed E-state index contributed by atoms with van der Waals surface area (Å²) >= 11 is 0. The van der Waals surface area contributed by atoms with E-state index in [1.165, 1.54) is 6.07 Å². The third-order valence-electron chi connectivity index (χ3n) is 2.97. The molecule has 0 spiro atoms. The van der Waals surface area contributed by atoms with Gasteiger partial charge in [-0.3, -0.25) is 0 Å². The monoisotopic (exact) mass is 290 g/mol. The van der Waals surface area contributed by atoms with Gasteiger partial charge in [0.15, 0.2) is 23.1 Å². The summed E-state index contributed by atoms with van der Waals surface area (Å²) in [5.41, 5.74) is 0.403. The molecular formula is C17H19FO3. The number of ether oxygens (including phenoxy) is 2. The third-order valence-corrected chi connectivity index (χ3v) is 2.97. The molecule has 4 heteroatoms. The fraction of sp³-hybridized carbons (Fsp3) is 0.294. The lowest BCUT2D eigenvalue weighted by molar-refractivity contribution is 0.194. The van der Waals surface area contributed by atoms with Crippen molar-refractivity contribution in [2.45, 2.75) is 26.4 Å². The van der Waals surface area contributed by atoms with Gasteiger partial charge in [0.25, 0.3) is 0 Å². The van der Waals surface area contributed by atoms with Crippen molar-refractivity contribution in [2.75, 3.05) is 6.61 Å². The van der Waals surface area contributed by atoms with Gasteiger partial charge < -0.3 is 14.6 Å². The highest BCUT2D eigenvalue weighted by atomic mass is 19.1. The SMILES string of the molecule is CCCOc1ccccc1Oc1c(F)cccc1[C@@H](C)O. The van der Waals surface area contributed by atoms with E-state index in [1.54, 1.807) is 37.3 Å². The second-order valence-electron chi connectivity index (χ2n) is 4.73. The van der Waals surface area contributed by atoms with E-state index in [4.69, 9.17) is 9.47 Å². The molecule has 3 nitrogen and oxygen atoms in total. The van der Waals surface area contributed by atoms with E-state index in [0.717, 1.165) is 6.42 Å². The topological polar surface area (TPSA) is 38.7 Å². The van der Waals surface area contributed by atoms with E-state index in [1.807, 2.05) is 13.0 Å². The summed E-state index contributed by atoms with van der Waals surface area (Å²) in [6.45, 7) is 4.13. The van der Waals surface area contributed by atoms with E-state index in [2.05, 4.69) is 0 Å². The van der Waals surface area contributed by atoms with Gasteiger partial charge in [0, 0.05) is 5.56 Å². The predicted molar refractivity (Wildman–Crippen MR) is 79.3 cm³/mol. The molecule has 112 valence electrons. The van der Waals surface area contributed by atoms with Crippen LogP contribution in [0, 0.1) is 5.82 Å². The third kappa shape index (κ3) is 3.73. The van der Waals surface area contributed by atoms with E-state index < -0.39 is 11.9 Å². The average molecular weight is 290 g/mol. The summed E-state index contributed by atoms with van der Waals surface area (Å²) in [5.74, 6) is 0.496. The molecule has 0 aliphatic rings. The number of rotatable bonds is 6.